The van der Waals surface area contributed by atoms with Crippen LogP contribution in [0.15, 0.2) is 24.3 Å². The summed E-state index contributed by atoms with van der Waals surface area (Å²) in [6.45, 7) is 2.11. The Morgan fingerprint density at radius 3 is 3.05 bits per heavy atom. The van der Waals surface area contributed by atoms with Crippen LogP contribution in [0.5, 0.6) is 0 Å². The van der Waals surface area contributed by atoms with Gasteiger partial charge in [-0.05, 0) is 31.4 Å². The van der Waals surface area contributed by atoms with Crippen molar-refractivity contribution < 1.29 is 9.59 Å². The summed E-state index contributed by atoms with van der Waals surface area (Å²) in [5.41, 5.74) is 1.98. The Hall–Kier alpha value is -2.35. The minimum Gasteiger partial charge on any atom is -0.355 e. The minimum absolute atomic E-state index is 0.0214. The number of rotatable bonds is 5. The van der Waals surface area contributed by atoms with Gasteiger partial charge in [-0.25, -0.2) is 0 Å². The second-order valence-electron chi connectivity index (χ2n) is 5.42. The van der Waals surface area contributed by atoms with E-state index in [1.54, 1.807) is 6.92 Å². The Bertz CT molecular complexity index is 577. The van der Waals surface area contributed by atoms with Gasteiger partial charge in [0.05, 0.1) is 12.0 Å². The van der Waals surface area contributed by atoms with E-state index in [0.717, 1.165) is 11.3 Å². The molecule has 1 heterocycles. The second-order valence-corrected chi connectivity index (χ2v) is 5.42. The fraction of sp³-hybridized carbons (Fsp3) is 0.438. The van der Waals surface area contributed by atoms with E-state index in [0.29, 0.717) is 25.8 Å². The Morgan fingerprint density at radius 1 is 1.52 bits per heavy atom. The van der Waals surface area contributed by atoms with Crippen molar-refractivity contribution in [2.45, 2.75) is 26.2 Å². The number of fused-ring (bicyclic) bond motifs is 1. The lowest BCUT2D eigenvalue weighted by atomic mass is 9.89. The zero-order valence-electron chi connectivity index (χ0n) is 12.1. The van der Waals surface area contributed by atoms with Gasteiger partial charge in [0.2, 0.25) is 11.8 Å². The maximum absolute atomic E-state index is 12.0. The molecule has 2 rings (SSSR count). The van der Waals surface area contributed by atoms with Crippen LogP contribution in [-0.2, 0) is 16.0 Å². The van der Waals surface area contributed by atoms with Gasteiger partial charge in [-0.1, -0.05) is 18.2 Å². The number of hydrogen-bond acceptors (Lipinski definition) is 3. The SMILES string of the molecule is CC(C#N)CNC(=O)CCC1Cc2ccccc2NC1=O. The van der Waals surface area contributed by atoms with Crippen LogP contribution >= 0.6 is 0 Å². The fourth-order valence-electron chi connectivity index (χ4n) is 2.35. The lowest BCUT2D eigenvalue weighted by molar-refractivity contribution is -0.122. The molecule has 2 amide bonds. The third-order valence-electron chi connectivity index (χ3n) is 3.66. The highest BCUT2D eigenvalue weighted by molar-refractivity contribution is 5.96. The molecule has 2 N–H and O–H groups in total. The first-order valence-electron chi connectivity index (χ1n) is 7.15. The lowest BCUT2D eigenvalue weighted by Gasteiger charge is -2.24. The molecule has 21 heavy (non-hydrogen) atoms. The Balaban J connectivity index is 1.83. The number of carbonyl (C=O) groups is 2. The smallest absolute Gasteiger partial charge is 0.227 e. The summed E-state index contributed by atoms with van der Waals surface area (Å²) in [6.07, 6.45) is 1.50. The van der Waals surface area contributed by atoms with Gasteiger partial charge in [-0.3, -0.25) is 9.59 Å². The van der Waals surface area contributed by atoms with Crippen molar-refractivity contribution in [3.8, 4) is 6.07 Å². The minimum atomic E-state index is -0.196. The van der Waals surface area contributed by atoms with E-state index in [1.165, 1.54) is 0 Å². The van der Waals surface area contributed by atoms with Crippen molar-refractivity contribution in [1.29, 1.82) is 5.26 Å². The van der Waals surface area contributed by atoms with Crippen LogP contribution in [0.3, 0.4) is 0 Å². The van der Waals surface area contributed by atoms with Crippen molar-refractivity contribution in [2.24, 2.45) is 11.8 Å². The zero-order chi connectivity index (χ0) is 15.2. The first-order chi connectivity index (χ1) is 10.1. The van der Waals surface area contributed by atoms with Gasteiger partial charge in [0.15, 0.2) is 0 Å². The zero-order valence-corrected chi connectivity index (χ0v) is 12.1. The number of amides is 2. The maximum atomic E-state index is 12.0. The van der Waals surface area contributed by atoms with Gasteiger partial charge >= 0.3 is 0 Å². The standard InChI is InChI=1S/C16H19N3O2/c1-11(9-17)10-18-15(20)7-6-13-8-12-4-2-3-5-14(12)19-16(13)21/h2-5,11,13H,6-8,10H2,1H3,(H,18,20)(H,19,21). The summed E-state index contributed by atoms with van der Waals surface area (Å²) in [5, 5.41) is 14.2. The normalized spacial score (nSPS) is 18.1. The average Bonchev–Trinajstić information content (AvgIpc) is 2.50. The molecular formula is C16H19N3O2. The van der Waals surface area contributed by atoms with Crippen molar-refractivity contribution >= 4 is 17.5 Å². The van der Waals surface area contributed by atoms with Crippen LogP contribution in [0.1, 0.15) is 25.3 Å². The Morgan fingerprint density at radius 2 is 2.29 bits per heavy atom. The first-order valence-corrected chi connectivity index (χ1v) is 7.15. The van der Waals surface area contributed by atoms with Crippen LogP contribution in [0.4, 0.5) is 5.69 Å². The molecule has 0 aromatic heterocycles. The molecule has 1 aromatic carbocycles. The van der Waals surface area contributed by atoms with Crippen molar-refractivity contribution in [3.63, 3.8) is 0 Å². The summed E-state index contributed by atoms with van der Waals surface area (Å²) in [7, 11) is 0. The highest BCUT2D eigenvalue weighted by Crippen LogP contribution is 2.27. The van der Waals surface area contributed by atoms with Crippen LogP contribution in [0, 0.1) is 23.2 Å². The molecule has 1 aliphatic heterocycles. The molecule has 0 radical (unpaired) electrons. The highest BCUT2D eigenvalue weighted by Gasteiger charge is 2.26. The summed E-state index contributed by atoms with van der Waals surface area (Å²) in [6, 6.07) is 9.79. The lowest BCUT2D eigenvalue weighted by Crippen LogP contribution is -2.32. The number of nitriles is 1. The fourth-order valence-corrected chi connectivity index (χ4v) is 2.35. The number of nitrogens with one attached hydrogen (secondary N) is 2. The van der Waals surface area contributed by atoms with E-state index < -0.39 is 0 Å². The summed E-state index contributed by atoms with van der Waals surface area (Å²) in [4.78, 5) is 23.7. The molecule has 1 aliphatic rings. The molecule has 5 heteroatoms. The van der Waals surface area contributed by atoms with E-state index in [-0.39, 0.29) is 23.7 Å². The molecule has 2 atom stereocenters. The largest absolute Gasteiger partial charge is 0.355 e. The number of anilines is 1. The third-order valence-corrected chi connectivity index (χ3v) is 3.66. The van der Waals surface area contributed by atoms with Crippen molar-refractivity contribution in [2.75, 3.05) is 11.9 Å². The molecule has 0 bridgehead atoms. The Kier molecular flexibility index (Phi) is 4.94. The quantitative estimate of drug-likeness (QED) is 0.866. The van der Waals surface area contributed by atoms with Crippen molar-refractivity contribution in [3.05, 3.63) is 29.8 Å². The molecule has 0 fully saturated rings. The number of hydrogen-bond donors (Lipinski definition) is 2. The van der Waals surface area contributed by atoms with Crippen molar-refractivity contribution in [1.82, 2.24) is 5.32 Å². The first kappa shape index (κ1) is 15.0. The second kappa shape index (κ2) is 6.89. The predicted molar refractivity (Wildman–Crippen MR) is 79.3 cm³/mol. The molecule has 0 aliphatic carbocycles. The third kappa shape index (κ3) is 4.06. The summed E-state index contributed by atoms with van der Waals surface area (Å²) >= 11 is 0. The van der Waals surface area contributed by atoms with Gasteiger partial charge in [0.1, 0.15) is 0 Å². The number of nitrogens with zero attached hydrogens (tertiary/aromatic N) is 1. The molecule has 1 aromatic rings. The van der Waals surface area contributed by atoms with Crippen LogP contribution in [0.2, 0.25) is 0 Å². The number of para-hydroxylation sites is 1. The molecule has 110 valence electrons. The molecule has 0 saturated heterocycles. The van der Waals surface area contributed by atoms with Gasteiger partial charge in [0, 0.05) is 24.6 Å². The number of benzene rings is 1. The molecular weight excluding hydrogens is 266 g/mol. The predicted octanol–water partition coefficient (Wildman–Crippen LogP) is 1.85. The maximum Gasteiger partial charge on any atom is 0.227 e. The van der Waals surface area contributed by atoms with E-state index >= 15 is 0 Å². The van der Waals surface area contributed by atoms with Crippen LogP contribution in [0.25, 0.3) is 0 Å². The van der Waals surface area contributed by atoms with Gasteiger partial charge in [0.25, 0.3) is 0 Å². The average molecular weight is 285 g/mol. The van der Waals surface area contributed by atoms with E-state index in [9.17, 15) is 9.59 Å². The van der Waals surface area contributed by atoms with E-state index in [1.807, 2.05) is 24.3 Å². The molecule has 5 nitrogen and oxygen atoms in total. The molecule has 0 saturated carbocycles. The van der Waals surface area contributed by atoms with Gasteiger partial charge < -0.3 is 10.6 Å². The molecule has 0 spiro atoms. The van der Waals surface area contributed by atoms with Gasteiger partial charge in [-0.2, -0.15) is 5.26 Å². The highest BCUT2D eigenvalue weighted by atomic mass is 16.2. The number of carbonyl (C=O) groups excluding carboxylic acids is 2. The summed E-state index contributed by atoms with van der Waals surface area (Å²) in [5.74, 6) is -0.492. The summed E-state index contributed by atoms with van der Waals surface area (Å²) < 4.78 is 0. The van der Waals surface area contributed by atoms with E-state index in [4.69, 9.17) is 5.26 Å². The Labute approximate surface area is 124 Å². The molecule has 2 unspecified atom stereocenters. The van der Waals surface area contributed by atoms with Crippen LogP contribution < -0.4 is 10.6 Å². The van der Waals surface area contributed by atoms with Crippen LogP contribution in [-0.4, -0.2) is 18.4 Å². The topological polar surface area (TPSA) is 82.0 Å². The van der Waals surface area contributed by atoms with Gasteiger partial charge in [-0.15, -0.1) is 0 Å². The monoisotopic (exact) mass is 285 g/mol. The van der Waals surface area contributed by atoms with E-state index in [2.05, 4.69) is 16.7 Å².